The molecule has 0 fully saturated rings. The van der Waals surface area contributed by atoms with Crippen molar-refractivity contribution in [1.82, 2.24) is 0 Å². The van der Waals surface area contributed by atoms with Crippen molar-refractivity contribution in [3.8, 4) is 0 Å². The number of quaternary nitrogens is 1. The van der Waals surface area contributed by atoms with Gasteiger partial charge < -0.3 is 0 Å². The summed E-state index contributed by atoms with van der Waals surface area (Å²) in [5, 5.41) is -27.0. The largest absolute Gasteiger partial charge is 0.422 e. The van der Waals surface area contributed by atoms with E-state index < -0.39 is 269 Å². The van der Waals surface area contributed by atoms with E-state index in [0.717, 1.165) is 32.1 Å². The SMILES string of the molecule is CCCC(CC)CCC(C)C[NH+](CC)c1cc(F)c(F)c(C(F)(F)F)c1F.Fc1c(F)c(F)c2c([B-](c3c(F)c(F)c(F)c4c(F)c(F)c(F)c(F)c34)(c3c(F)c(F)c(F)c4c(F)c(F)c(F)c(F)c34)c3c(F)c(F)c(F)c4c(F)c(F)c(F)c(F)c34)c(F)c(F)c(F)c2c1F. The van der Waals surface area contributed by atoms with E-state index in [1.165, 1.54) is 0 Å². The summed E-state index contributed by atoms with van der Waals surface area (Å²) < 4.78 is 527. The Balaban J connectivity index is 0.000000367. The standard InChI is InChI=1S/C40BF28.C20H29F6N/c42-13-1-5(21(50)37(66)33(13)62)17(46)29(58)25(54)9(1)41(10-2-6(18(47)30(59)26(10)55)22(51)38(67)34(63)14(2)43,11-3-7(19(48)31(60)27(11)56)23(52)39(68)35(64)15(3)44)12-4-8(20(49)32(61)28(12)57)24(53)40(69)36(65)16(4)45;1-5-8-14(6-2)10-9-13(4)12-27(7-3)16-11-15(21)18(22)17(19(16)23)20(24,25)26/h;11,13-14H,5-10,12H2,1-4H3/q-1;/p+1. The zero-order valence-electron chi connectivity index (χ0n) is 47.6. The van der Waals surface area contributed by atoms with Crippen LogP contribution in [0.25, 0.3) is 43.1 Å². The van der Waals surface area contributed by atoms with Gasteiger partial charge in [-0.05, 0) is 47.2 Å². The summed E-state index contributed by atoms with van der Waals surface area (Å²) in [7, 11) is 0. The Morgan fingerprint density at radius 3 is 0.792 bits per heavy atom. The molecule has 0 aliphatic carbocycles. The molecule has 96 heavy (non-hydrogen) atoms. The zero-order chi connectivity index (χ0) is 72.4. The summed E-state index contributed by atoms with van der Waals surface area (Å²) in [6.07, 6.45) is -8.19. The summed E-state index contributed by atoms with van der Waals surface area (Å²) in [5.74, 6) is -109. The van der Waals surface area contributed by atoms with Crippen molar-refractivity contribution in [3.05, 3.63) is 192 Å². The van der Waals surface area contributed by atoms with E-state index in [2.05, 4.69) is 13.8 Å². The van der Waals surface area contributed by atoms with Crippen LogP contribution in [0.5, 0.6) is 0 Å². The highest BCUT2D eigenvalue weighted by Crippen LogP contribution is 2.43. The van der Waals surface area contributed by atoms with Gasteiger partial charge in [-0.1, -0.05) is 40.0 Å². The van der Waals surface area contributed by atoms with Crippen molar-refractivity contribution in [1.29, 1.82) is 0 Å². The molecule has 36 heteroatoms. The van der Waals surface area contributed by atoms with E-state index in [0.29, 0.717) is 23.4 Å². The summed E-state index contributed by atoms with van der Waals surface area (Å²) in [6.45, 7) is 8.52. The first-order valence-electron chi connectivity index (χ1n) is 27.1. The molecular formula is C60H30BF34N. The van der Waals surface area contributed by atoms with Crippen molar-refractivity contribution < 1.29 is 154 Å². The van der Waals surface area contributed by atoms with E-state index >= 15 is 105 Å². The lowest BCUT2D eigenvalue weighted by Crippen LogP contribution is -3.07. The Kier molecular flexibility index (Phi) is 20.1. The quantitative estimate of drug-likeness (QED) is 0.0479. The fourth-order valence-electron chi connectivity index (χ4n) is 12.1. The van der Waals surface area contributed by atoms with Crippen LogP contribution in [0.2, 0.25) is 0 Å². The lowest BCUT2D eigenvalue weighted by Gasteiger charge is -2.47. The fraction of sp³-hybridized carbons (Fsp3) is 0.233. The van der Waals surface area contributed by atoms with Crippen LogP contribution in [0, 0.1) is 192 Å². The molecule has 0 radical (unpaired) electrons. The van der Waals surface area contributed by atoms with Crippen molar-refractivity contribution >= 4 is 76.8 Å². The maximum Gasteiger partial charge on any atom is 0.422 e. The van der Waals surface area contributed by atoms with Crippen LogP contribution in [0.3, 0.4) is 0 Å². The fourth-order valence-corrected chi connectivity index (χ4v) is 12.1. The zero-order valence-corrected chi connectivity index (χ0v) is 47.6. The third-order valence-electron chi connectivity index (χ3n) is 16.4. The number of hydrogen-bond donors (Lipinski definition) is 1. The van der Waals surface area contributed by atoms with Crippen LogP contribution in [0.15, 0.2) is 6.07 Å². The van der Waals surface area contributed by atoms with Gasteiger partial charge in [0.15, 0.2) is 163 Å². The Morgan fingerprint density at radius 1 is 0.312 bits per heavy atom. The predicted molar refractivity (Wildman–Crippen MR) is 273 cm³/mol. The van der Waals surface area contributed by atoms with E-state index in [-0.39, 0.29) is 12.5 Å². The average Bonchev–Trinajstić information content (AvgIpc) is 0.662. The van der Waals surface area contributed by atoms with Gasteiger partial charge >= 0.3 is 6.18 Å². The first-order valence-corrected chi connectivity index (χ1v) is 27.1. The van der Waals surface area contributed by atoms with Crippen LogP contribution >= 0.6 is 0 Å². The Morgan fingerprint density at radius 2 is 0.562 bits per heavy atom. The monoisotopic (exact) mass is 1420 g/mol. The summed E-state index contributed by atoms with van der Waals surface area (Å²) in [6, 6.07) is 0.553. The second kappa shape index (κ2) is 26.2. The van der Waals surface area contributed by atoms with Crippen molar-refractivity contribution in [3.63, 3.8) is 0 Å². The van der Waals surface area contributed by atoms with Gasteiger partial charge in [0, 0.05) is 12.0 Å². The highest BCUT2D eigenvalue weighted by molar-refractivity contribution is 7.23. The van der Waals surface area contributed by atoms with E-state index in [1.54, 1.807) is 6.92 Å². The molecule has 0 saturated carbocycles. The predicted octanol–water partition coefficient (Wildman–Crippen LogP) is 17.5. The van der Waals surface area contributed by atoms with Crippen LogP contribution in [0.4, 0.5) is 155 Å². The van der Waals surface area contributed by atoms with Crippen molar-refractivity contribution in [2.24, 2.45) is 11.8 Å². The maximum absolute atomic E-state index is 17.3. The number of hydrogen-bond acceptors (Lipinski definition) is 0. The van der Waals surface area contributed by atoms with Gasteiger partial charge in [-0.15, -0.1) is 21.9 Å². The molecule has 0 aliphatic heterocycles. The third kappa shape index (κ3) is 10.9. The van der Waals surface area contributed by atoms with Gasteiger partial charge in [-0.2, -0.15) is 17.6 Å². The van der Waals surface area contributed by atoms with Gasteiger partial charge in [0.25, 0.3) is 0 Å². The Labute approximate surface area is 513 Å². The number of rotatable bonds is 14. The summed E-state index contributed by atoms with van der Waals surface area (Å²) in [4.78, 5) is 0.382. The average molecular weight is 1420 g/mol. The van der Waals surface area contributed by atoms with Gasteiger partial charge in [-0.3, -0.25) is 4.90 Å². The molecule has 0 saturated heterocycles. The third-order valence-corrected chi connectivity index (χ3v) is 16.4. The molecule has 0 spiro atoms. The van der Waals surface area contributed by atoms with E-state index in [4.69, 9.17) is 0 Å². The molecule has 0 aliphatic rings. The molecule has 9 rings (SSSR count). The smallest absolute Gasteiger partial charge is 0.300 e. The van der Waals surface area contributed by atoms with Gasteiger partial charge in [0.2, 0.25) is 0 Å². The first-order chi connectivity index (χ1) is 44.5. The molecule has 0 bridgehead atoms. The number of benzene rings is 9. The highest BCUT2D eigenvalue weighted by Gasteiger charge is 2.52. The number of alkyl halides is 3. The van der Waals surface area contributed by atoms with Crippen LogP contribution in [0.1, 0.15) is 65.4 Å². The normalized spacial score (nSPS) is 13.3. The van der Waals surface area contributed by atoms with Gasteiger partial charge in [0.1, 0.15) is 35.0 Å². The van der Waals surface area contributed by atoms with Crippen molar-refractivity contribution in [2.75, 3.05) is 13.1 Å². The molecule has 1 N–H and O–H groups in total. The van der Waals surface area contributed by atoms with E-state index in [9.17, 15) is 43.9 Å². The van der Waals surface area contributed by atoms with Crippen molar-refractivity contribution in [2.45, 2.75) is 66.0 Å². The second-order valence-electron chi connectivity index (χ2n) is 21.6. The minimum Gasteiger partial charge on any atom is -0.300 e. The molecule has 516 valence electrons. The number of fused-ring (bicyclic) bond motifs is 4. The molecule has 3 unspecified atom stereocenters. The lowest BCUT2D eigenvalue weighted by molar-refractivity contribution is -0.835. The lowest BCUT2D eigenvalue weighted by atomic mass is 9.11. The molecule has 9 aromatic carbocycles. The molecule has 0 heterocycles. The van der Waals surface area contributed by atoms with Crippen LogP contribution < -0.4 is 26.8 Å². The number of nitrogens with one attached hydrogen (secondary N) is 1. The molecule has 0 aromatic heterocycles. The summed E-state index contributed by atoms with van der Waals surface area (Å²) >= 11 is 0. The topological polar surface area (TPSA) is 4.44 Å². The Hall–Kier alpha value is -8.34. The summed E-state index contributed by atoms with van der Waals surface area (Å²) in [5.41, 5.74) is -18.1. The maximum atomic E-state index is 17.3. The van der Waals surface area contributed by atoms with Crippen LogP contribution in [-0.2, 0) is 6.18 Å². The minimum absolute atomic E-state index is 0.118. The first kappa shape index (κ1) is 73.5. The second-order valence-corrected chi connectivity index (χ2v) is 21.6. The van der Waals surface area contributed by atoms with E-state index in [1.807, 2.05) is 6.92 Å². The highest BCUT2D eigenvalue weighted by atomic mass is 19.4. The van der Waals surface area contributed by atoms with Gasteiger partial charge in [0.05, 0.1) is 34.6 Å². The molecule has 1 nitrogen and oxygen atoms in total. The number of halogens is 34. The van der Waals surface area contributed by atoms with Gasteiger partial charge in [-0.25, -0.2) is 132 Å². The molecule has 0 amide bonds. The Bertz CT molecular complexity index is 4250. The molecular weight excluding hydrogens is 1390 g/mol. The molecule has 9 aromatic rings. The van der Waals surface area contributed by atoms with Crippen LogP contribution in [-0.4, -0.2) is 19.2 Å². The minimum atomic E-state index is -8.05. The molecule has 3 atom stereocenters.